The van der Waals surface area contributed by atoms with Crippen LogP contribution in [0.3, 0.4) is 0 Å². The number of anilines is 1. The predicted molar refractivity (Wildman–Crippen MR) is 174 cm³/mol. The maximum absolute atomic E-state index is 13.3. The minimum Gasteiger partial charge on any atom is -0.429 e. The van der Waals surface area contributed by atoms with Crippen LogP contribution in [0.15, 0.2) is 53.6 Å². The molecule has 0 saturated carbocycles. The minimum absolute atomic E-state index is 0.0442. The van der Waals surface area contributed by atoms with Crippen LogP contribution in [0.2, 0.25) is 0 Å². The molecule has 0 aromatic heterocycles. The van der Waals surface area contributed by atoms with Crippen LogP contribution in [0.1, 0.15) is 38.7 Å². The van der Waals surface area contributed by atoms with Crippen molar-refractivity contribution >= 4 is 41.3 Å². The monoisotopic (exact) mass is 685 g/mol. The third-order valence-electron chi connectivity index (χ3n) is 6.57. The van der Waals surface area contributed by atoms with Crippen molar-refractivity contribution in [2.45, 2.75) is 51.8 Å². The second kappa shape index (κ2) is 21.0. The van der Waals surface area contributed by atoms with Crippen LogP contribution < -0.4 is 31.7 Å². The minimum atomic E-state index is -1.05. The molecule has 0 aliphatic carbocycles. The summed E-state index contributed by atoms with van der Waals surface area (Å²) in [6.07, 6.45) is -0.655. The zero-order chi connectivity index (χ0) is 36.2. The van der Waals surface area contributed by atoms with Crippen molar-refractivity contribution in [1.29, 1.82) is 0 Å². The summed E-state index contributed by atoms with van der Waals surface area (Å²) in [6.45, 7) is 3.76. The Bertz CT molecular complexity index is 1480. The maximum Gasteiger partial charge on any atom is 0.514 e. The van der Waals surface area contributed by atoms with Crippen molar-refractivity contribution in [3.05, 3.63) is 74.7 Å². The van der Waals surface area contributed by atoms with Crippen molar-refractivity contribution in [2.75, 3.05) is 31.6 Å². The fraction of sp³-hybridized carbons (Fsp3) is 0.433. The van der Waals surface area contributed by atoms with Gasteiger partial charge in [0.15, 0.2) is 0 Å². The number of hydrogen-bond donors (Lipinski definition) is 5. The van der Waals surface area contributed by atoms with Crippen LogP contribution >= 0.6 is 0 Å². The first kappa shape index (κ1) is 39.2. The number of nitro groups is 1. The van der Waals surface area contributed by atoms with Crippen molar-refractivity contribution < 1.29 is 43.1 Å². The highest BCUT2D eigenvalue weighted by molar-refractivity contribution is 5.98. The largest absolute Gasteiger partial charge is 0.514 e. The highest BCUT2D eigenvalue weighted by Crippen LogP contribution is 2.18. The number of nitro benzene ring substituents is 1. The van der Waals surface area contributed by atoms with Crippen LogP contribution in [0, 0.1) is 16.0 Å². The Morgan fingerprint density at radius 3 is 2.31 bits per heavy atom. The van der Waals surface area contributed by atoms with Crippen LogP contribution in [-0.4, -0.2) is 73.2 Å². The lowest BCUT2D eigenvalue weighted by Gasteiger charge is -2.25. The second-order valence-electron chi connectivity index (χ2n) is 10.7. The first-order chi connectivity index (χ1) is 23.4. The molecule has 0 radical (unpaired) electrons. The van der Waals surface area contributed by atoms with Gasteiger partial charge >= 0.3 is 12.2 Å². The molecule has 0 spiro atoms. The van der Waals surface area contributed by atoms with Gasteiger partial charge in [-0.1, -0.05) is 31.1 Å². The number of urea groups is 1. The molecule has 2 aromatic rings. The van der Waals surface area contributed by atoms with E-state index >= 15 is 0 Å². The summed E-state index contributed by atoms with van der Waals surface area (Å²) < 4.78 is 15.3. The predicted octanol–water partition coefficient (Wildman–Crippen LogP) is 3.04. The molecule has 19 nitrogen and oxygen atoms in total. The van der Waals surface area contributed by atoms with Crippen LogP contribution in [0.4, 0.5) is 21.0 Å². The highest BCUT2D eigenvalue weighted by atomic mass is 16.7. The van der Waals surface area contributed by atoms with Crippen LogP contribution in [-0.2, 0) is 30.5 Å². The quantitative estimate of drug-likeness (QED) is 0.0198. The van der Waals surface area contributed by atoms with E-state index in [-0.39, 0.29) is 63.1 Å². The molecule has 264 valence electrons. The normalized spacial score (nSPS) is 11.7. The number of ether oxygens (including phenoxy) is 3. The molecule has 49 heavy (non-hydrogen) atoms. The summed E-state index contributed by atoms with van der Waals surface area (Å²) in [5.74, 6) is -1.88. The molecular weight excluding hydrogens is 646 g/mol. The van der Waals surface area contributed by atoms with Gasteiger partial charge in [-0.15, -0.1) is 0 Å². The Morgan fingerprint density at radius 2 is 1.69 bits per heavy atom. The average Bonchev–Trinajstić information content (AvgIpc) is 3.06. The lowest BCUT2D eigenvalue weighted by atomic mass is 10.0. The van der Waals surface area contributed by atoms with Crippen LogP contribution in [0.25, 0.3) is 10.4 Å². The third kappa shape index (κ3) is 15.5. The third-order valence-corrected chi connectivity index (χ3v) is 6.57. The Morgan fingerprint density at radius 1 is 1.00 bits per heavy atom. The van der Waals surface area contributed by atoms with Crippen molar-refractivity contribution in [3.8, 4) is 5.75 Å². The molecule has 5 amide bonds. The number of nitrogens with one attached hydrogen (secondary N) is 4. The van der Waals surface area contributed by atoms with Gasteiger partial charge in [-0.05, 0) is 54.1 Å². The van der Waals surface area contributed by atoms with E-state index in [1.165, 1.54) is 24.3 Å². The zero-order valence-electron chi connectivity index (χ0n) is 27.0. The van der Waals surface area contributed by atoms with Gasteiger partial charge in [-0.25, -0.2) is 9.59 Å². The number of nitrogens with two attached hydrogens (primary N) is 1. The zero-order valence-corrected chi connectivity index (χ0v) is 27.0. The fourth-order valence-electron chi connectivity index (χ4n) is 4.06. The van der Waals surface area contributed by atoms with Crippen molar-refractivity contribution in [3.63, 3.8) is 0 Å². The number of primary amides is 1. The number of nitrogens with zero attached hydrogens (tertiary/aromatic N) is 4. The topological polar surface area (TPSA) is 279 Å². The average molecular weight is 686 g/mol. The van der Waals surface area contributed by atoms with E-state index in [1.54, 1.807) is 38.1 Å². The van der Waals surface area contributed by atoms with Crippen molar-refractivity contribution in [2.24, 2.45) is 16.8 Å². The molecule has 2 atom stereocenters. The van der Waals surface area contributed by atoms with E-state index < -0.39 is 46.9 Å². The lowest BCUT2D eigenvalue weighted by Crippen LogP contribution is -2.54. The van der Waals surface area contributed by atoms with Gasteiger partial charge in [-0.2, -0.15) is 0 Å². The molecule has 0 unspecified atom stereocenters. The summed E-state index contributed by atoms with van der Waals surface area (Å²) in [4.78, 5) is 74.9. The number of azide groups is 1. The van der Waals surface area contributed by atoms with E-state index in [9.17, 15) is 34.1 Å². The van der Waals surface area contributed by atoms with Gasteiger partial charge in [0.1, 0.15) is 24.4 Å². The smallest absolute Gasteiger partial charge is 0.429 e. The molecule has 0 heterocycles. The Labute approximate surface area is 281 Å². The lowest BCUT2D eigenvalue weighted by molar-refractivity contribution is -0.384. The Balaban J connectivity index is 1.97. The highest BCUT2D eigenvalue weighted by Gasteiger charge is 2.29. The summed E-state index contributed by atoms with van der Waals surface area (Å²) in [5.41, 5.74) is 14.2. The van der Waals surface area contributed by atoms with E-state index in [1.807, 2.05) is 0 Å². The van der Waals surface area contributed by atoms with E-state index in [0.29, 0.717) is 17.7 Å². The molecule has 6 N–H and O–H groups in total. The fourth-order valence-corrected chi connectivity index (χ4v) is 4.06. The van der Waals surface area contributed by atoms with Gasteiger partial charge in [0, 0.05) is 42.2 Å². The number of rotatable bonds is 20. The number of carbonyl (C=O) groups excluding carboxylic acids is 5. The van der Waals surface area contributed by atoms with Gasteiger partial charge in [0.2, 0.25) is 17.7 Å². The number of amides is 5. The summed E-state index contributed by atoms with van der Waals surface area (Å²) in [7, 11) is 0. The molecule has 0 fully saturated rings. The first-order valence-corrected chi connectivity index (χ1v) is 15.1. The van der Waals surface area contributed by atoms with Gasteiger partial charge < -0.3 is 41.2 Å². The SMILES string of the molecule is CC(C)[C@@H](NC(=O)CCOCCN=[N+]=[N-])C(=O)N[C@@H](CCCNC(N)=O)C(=O)Nc1ccc(COC(=O)Oc2ccc([N+](=O)[O-])cc2)cc1. The van der Waals surface area contributed by atoms with Crippen molar-refractivity contribution in [1.82, 2.24) is 16.0 Å². The summed E-state index contributed by atoms with van der Waals surface area (Å²) in [5, 5.41) is 24.6. The van der Waals surface area contributed by atoms with Gasteiger partial charge in [0.25, 0.3) is 5.69 Å². The molecule has 0 aliphatic rings. The molecule has 0 aliphatic heterocycles. The molecule has 0 saturated heterocycles. The van der Waals surface area contributed by atoms with Crippen LogP contribution in [0.5, 0.6) is 5.75 Å². The molecule has 19 heteroatoms. The summed E-state index contributed by atoms with van der Waals surface area (Å²) >= 11 is 0. The number of non-ortho nitro benzene ring substituents is 1. The van der Waals surface area contributed by atoms with E-state index in [2.05, 4.69) is 31.3 Å². The maximum atomic E-state index is 13.3. The molecular formula is C30H39N9O10. The number of hydrogen-bond acceptors (Lipinski definition) is 11. The molecule has 2 rings (SSSR count). The molecule has 2 aromatic carbocycles. The van der Waals surface area contributed by atoms with Gasteiger partial charge in [-0.3, -0.25) is 24.5 Å². The standard InChI is InChI=1S/C30H39N9O10/c1-19(2)26(37-25(40)13-16-47-17-15-34-38-32)28(42)36-24(4-3-14-33-29(31)43)27(41)35-21-7-5-20(6-8-21)18-48-30(44)49-23-11-9-22(10-12-23)39(45)46/h5-12,19,24,26H,3-4,13-18H2,1-2H3,(H,35,41)(H,36,42)(H,37,40)(H3,31,33,43)/t24-,26+/m0/s1. The summed E-state index contributed by atoms with van der Waals surface area (Å²) in [6, 6.07) is 8.40. The number of carbonyl (C=O) groups is 5. The van der Waals surface area contributed by atoms with Gasteiger partial charge in [0.05, 0.1) is 18.1 Å². The van der Waals surface area contributed by atoms with E-state index in [0.717, 1.165) is 0 Å². The van der Waals surface area contributed by atoms with E-state index in [4.69, 9.17) is 25.5 Å². The first-order valence-electron chi connectivity index (χ1n) is 15.1. The Hall–Kier alpha value is -5.94. The molecule has 0 bridgehead atoms. The second-order valence-corrected chi connectivity index (χ2v) is 10.7. The number of benzene rings is 2. The Kier molecular flexibility index (Phi) is 16.8.